The van der Waals surface area contributed by atoms with E-state index in [1.807, 2.05) is 0 Å². The first-order valence-corrected chi connectivity index (χ1v) is 6.38. The first kappa shape index (κ1) is 13.9. The minimum atomic E-state index is -0.774. The normalized spacial score (nSPS) is 24.4. The van der Waals surface area contributed by atoms with Crippen molar-refractivity contribution >= 4 is 5.69 Å². The molecular weight excluding hydrogens is 249 g/mol. The molecule has 19 heavy (non-hydrogen) atoms. The van der Waals surface area contributed by atoms with E-state index in [9.17, 15) is 14.5 Å². The van der Waals surface area contributed by atoms with E-state index in [4.69, 9.17) is 5.73 Å². The van der Waals surface area contributed by atoms with Crippen LogP contribution in [0.2, 0.25) is 0 Å². The van der Waals surface area contributed by atoms with Crippen LogP contribution in [0.4, 0.5) is 10.1 Å². The second kappa shape index (κ2) is 5.63. The maximum absolute atomic E-state index is 13.5. The van der Waals surface area contributed by atoms with Crippen molar-refractivity contribution in [1.29, 1.82) is 0 Å². The maximum atomic E-state index is 13.5. The predicted octanol–water partition coefficient (Wildman–Crippen LogP) is 1.90. The van der Waals surface area contributed by atoms with Crippen molar-refractivity contribution in [2.75, 3.05) is 13.1 Å². The van der Waals surface area contributed by atoms with Gasteiger partial charge in [-0.3, -0.25) is 15.0 Å². The van der Waals surface area contributed by atoms with Crippen LogP contribution >= 0.6 is 0 Å². The number of halogens is 1. The van der Waals surface area contributed by atoms with Gasteiger partial charge in [-0.05, 0) is 30.5 Å². The fraction of sp³-hybridized carbons (Fsp3) is 0.538. The van der Waals surface area contributed by atoms with Gasteiger partial charge in [0.2, 0.25) is 5.82 Å². The zero-order valence-corrected chi connectivity index (χ0v) is 10.9. The van der Waals surface area contributed by atoms with E-state index in [1.54, 1.807) is 6.07 Å². The van der Waals surface area contributed by atoms with Gasteiger partial charge >= 0.3 is 5.69 Å². The van der Waals surface area contributed by atoms with Crippen LogP contribution in [-0.4, -0.2) is 29.0 Å². The number of rotatable bonds is 3. The van der Waals surface area contributed by atoms with E-state index in [2.05, 4.69) is 11.8 Å². The van der Waals surface area contributed by atoms with Gasteiger partial charge in [-0.15, -0.1) is 0 Å². The quantitative estimate of drug-likeness (QED) is 0.670. The minimum Gasteiger partial charge on any atom is -0.327 e. The summed E-state index contributed by atoms with van der Waals surface area (Å²) in [7, 11) is 0. The molecular formula is C13H18FN3O2. The minimum absolute atomic E-state index is 0.227. The molecule has 6 heteroatoms. The molecule has 0 saturated carbocycles. The fourth-order valence-corrected chi connectivity index (χ4v) is 2.45. The average Bonchev–Trinajstić information content (AvgIpc) is 2.33. The summed E-state index contributed by atoms with van der Waals surface area (Å²) in [4.78, 5) is 12.0. The van der Waals surface area contributed by atoms with Gasteiger partial charge in [-0.2, -0.15) is 4.39 Å². The Hall–Kier alpha value is -1.53. The van der Waals surface area contributed by atoms with Crippen molar-refractivity contribution in [3.05, 3.63) is 39.7 Å². The van der Waals surface area contributed by atoms with Gasteiger partial charge in [-0.25, -0.2) is 0 Å². The Kier molecular flexibility index (Phi) is 4.11. The Bertz CT molecular complexity index is 481. The summed E-state index contributed by atoms with van der Waals surface area (Å²) in [5.74, 6) is -0.360. The largest absolute Gasteiger partial charge is 0.327 e. The Labute approximate surface area is 111 Å². The maximum Gasteiger partial charge on any atom is 0.304 e. The van der Waals surface area contributed by atoms with Gasteiger partial charge in [0.1, 0.15) is 0 Å². The van der Waals surface area contributed by atoms with Gasteiger partial charge in [0.15, 0.2) is 0 Å². The standard InChI is InChI=1S/C13H18FN3O2/c1-9-7-16(5-4-12(9)15)8-10-2-3-13(17(18)19)11(14)6-10/h2-3,6,9,12H,4-5,7-8,15H2,1H3. The number of nitro benzene ring substituents is 1. The van der Waals surface area contributed by atoms with Crippen LogP contribution in [0.15, 0.2) is 18.2 Å². The molecule has 2 atom stereocenters. The topological polar surface area (TPSA) is 72.4 Å². The number of nitrogens with two attached hydrogens (primary N) is 1. The van der Waals surface area contributed by atoms with Crippen molar-refractivity contribution in [3.8, 4) is 0 Å². The molecule has 1 aliphatic rings. The number of hydrogen-bond donors (Lipinski definition) is 1. The highest BCUT2D eigenvalue weighted by Crippen LogP contribution is 2.21. The highest BCUT2D eigenvalue weighted by Gasteiger charge is 2.23. The Morgan fingerprint density at radius 1 is 1.58 bits per heavy atom. The van der Waals surface area contributed by atoms with Gasteiger partial charge in [0.25, 0.3) is 0 Å². The molecule has 1 heterocycles. The molecule has 5 nitrogen and oxygen atoms in total. The summed E-state index contributed by atoms with van der Waals surface area (Å²) in [5, 5.41) is 10.5. The summed E-state index contributed by atoms with van der Waals surface area (Å²) in [5.41, 5.74) is 6.23. The van der Waals surface area contributed by atoms with E-state index in [1.165, 1.54) is 12.1 Å². The third kappa shape index (κ3) is 3.27. The van der Waals surface area contributed by atoms with Crippen LogP contribution in [0.25, 0.3) is 0 Å². The van der Waals surface area contributed by atoms with Crippen molar-refractivity contribution in [2.24, 2.45) is 11.7 Å². The smallest absolute Gasteiger partial charge is 0.304 e. The zero-order chi connectivity index (χ0) is 14.0. The second-order valence-electron chi connectivity index (χ2n) is 5.21. The predicted molar refractivity (Wildman–Crippen MR) is 70.1 cm³/mol. The van der Waals surface area contributed by atoms with Crippen molar-refractivity contribution in [2.45, 2.75) is 25.9 Å². The molecule has 2 unspecified atom stereocenters. The highest BCUT2D eigenvalue weighted by molar-refractivity contribution is 5.35. The molecule has 0 aliphatic carbocycles. The number of piperidine rings is 1. The molecule has 1 fully saturated rings. The number of nitrogens with zero attached hydrogens (tertiary/aromatic N) is 2. The molecule has 1 aliphatic heterocycles. The number of benzene rings is 1. The molecule has 0 amide bonds. The van der Waals surface area contributed by atoms with Crippen molar-refractivity contribution in [1.82, 2.24) is 4.90 Å². The monoisotopic (exact) mass is 267 g/mol. The lowest BCUT2D eigenvalue weighted by Gasteiger charge is -2.35. The third-order valence-electron chi connectivity index (χ3n) is 3.67. The lowest BCUT2D eigenvalue weighted by molar-refractivity contribution is -0.387. The molecule has 0 spiro atoms. The highest BCUT2D eigenvalue weighted by atomic mass is 19.1. The molecule has 2 N–H and O–H groups in total. The number of nitro groups is 1. The summed E-state index contributed by atoms with van der Waals surface area (Å²) in [6, 6.07) is 4.31. The van der Waals surface area contributed by atoms with Crippen LogP contribution in [0.1, 0.15) is 18.9 Å². The average molecular weight is 267 g/mol. The van der Waals surface area contributed by atoms with E-state index in [-0.39, 0.29) is 6.04 Å². The Morgan fingerprint density at radius 3 is 2.89 bits per heavy atom. The molecule has 1 saturated heterocycles. The second-order valence-corrected chi connectivity index (χ2v) is 5.21. The summed E-state index contributed by atoms with van der Waals surface area (Å²) in [6.45, 7) is 4.46. The van der Waals surface area contributed by atoms with Gasteiger partial charge < -0.3 is 5.73 Å². The van der Waals surface area contributed by atoms with E-state index < -0.39 is 16.4 Å². The van der Waals surface area contributed by atoms with Crippen LogP contribution in [0, 0.1) is 21.8 Å². The first-order chi connectivity index (χ1) is 8.97. The molecule has 1 aromatic carbocycles. The zero-order valence-electron chi connectivity index (χ0n) is 10.9. The molecule has 104 valence electrons. The fourth-order valence-electron chi connectivity index (χ4n) is 2.45. The van der Waals surface area contributed by atoms with E-state index in [0.29, 0.717) is 12.5 Å². The summed E-state index contributed by atoms with van der Waals surface area (Å²) < 4.78 is 13.5. The van der Waals surface area contributed by atoms with Crippen LogP contribution in [0.3, 0.4) is 0 Å². The first-order valence-electron chi connectivity index (χ1n) is 6.38. The summed E-state index contributed by atoms with van der Waals surface area (Å²) >= 11 is 0. The van der Waals surface area contributed by atoms with Crippen molar-refractivity contribution < 1.29 is 9.31 Å². The molecule has 2 rings (SSSR count). The molecule has 0 radical (unpaired) electrons. The molecule has 1 aromatic rings. The van der Waals surface area contributed by atoms with Crippen LogP contribution in [-0.2, 0) is 6.54 Å². The Morgan fingerprint density at radius 2 is 2.32 bits per heavy atom. The number of hydrogen-bond acceptors (Lipinski definition) is 4. The van der Waals surface area contributed by atoms with Crippen molar-refractivity contribution in [3.63, 3.8) is 0 Å². The van der Waals surface area contributed by atoms with Gasteiger partial charge in [0.05, 0.1) is 4.92 Å². The van der Waals surface area contributed by atoms with E-state index >= 15 is 0 Å². The van der Waals surface area contributed by atoms with Crippen LogP contribution in [0.5, 0.6) is 0 Å². The molecule has 0 aromatic heterocycles. The van der Waals surface area contributed by atoms with E-state index in [0.717, 1.165) is 25.1 Å². The van der Waals surface area contributed by atoms with Crippen LogP contribution < -0.4 is 5.73 Å². The lowest BCUT2D eigenvalue weighted by atomic mass is 9.94. The van der Waals surface area contributed by atoms with Gasteiger partial charge in [-0.1, -0.05) is 13.0 Å². The SMILES string of the molecule is CC1CN(Cc2ccc([N+](=O)[O-])c(F)c2)CCC1N. The molecule has 0 bridgehead atoms. The van der Waals surface area contributed by atoms with Gasteiger partial charge in [0, 0.05) is 25.2 Å². The lowest BCUT2D eigenvalue weighted by Crippen LogP contribution is -2.45. The Balaban J connectivity index is 2.04. The third-order valence-corrected chi connectivity index (χ3v) is 3.67. The summed E-state index contributed by atoms with van der Waals surface area (Å²) in [6.07, 6.45) is 0.927. The number of likely N-dealkylation sites (tertiary alicyclic amines) is 1.